The molecule has 0 saturated heterocycles. The van der Waals surface area contributed by atoms with E-state index in [2.05, 4.69) is 57.3 Å². The molecular weight excluding hydrogens is 230 g/mol. The van der Waals surface area contributed by atoms with Gasteiger partial charge in [-0.25, -0.2) is 0 Å². The second-order valence-corrected chi connectivity index (χ2v) is 5.20. The fourth-order valence-corrected chi connectivity index (χ4v) is 1.72. The van der Waals surface area contributed by atoms with Crippen molar-refractivity contribution in [3.05, 3.63) is 59.4 Å². The van der Waals surface area contributed by atoms with Crippen molar-refractivity contribution in [2.45, 2.75) is 40.5 Å². The third-order valence-corrected chi connectivity index (χ3v) is 3.14. The van der Waals surface area contributed by atoms with Crippen LogP contribution in [0.1, 0.15) is 47.6 Å². The molecule has 0 aliphatic heterocycles. The van der Waals surface area contributed by atoms with Crippen molar-refractivity contribution in [1.82, 2.24) is 0 Å². The van der Waals surface area contributed by atoms with Gasteiger partial charge >= 0.3 is 37.7 Å². The van der Waals surface area contributed by atoms with Crippen LogP contribution < -0.4 is 37.7 Å². The van der Waals surface area contributed by atoms with E-state index in [-0.39, 0.29) is 40.6 Å². The zero-order valence-electron chi connectivity index (χ0n) is 16.1. The van der Waals surface area contributed by atoms with Crippen molar-refractivity contribution in [3.8, 4) is 0 Å². The summed E-state index contributed by atoms with van der Waals surface area (Å²) in [6, 6.07) is 8.70. The average Bonchev–Trinajstić information content (AvgIpc) is 2.35. The first-order valence-corrected chi connectivity index (χ1v) is 6.71. The first-order chi connectivity index (χ1) is 8.52. The minimum atomic E-state index is 0. The average molecular weight is 256 g/mol. The first-order valence-electron chi connectivity index (χ1n) is 6.71. The quantitative estimate of drug-likeness (QED) is 0.388. The van der Waals surface area contributed by atoms with E-state index in [4.69, 9.17) is 0 Å². The fourth-order valence-electron chi connectivity index (χ4n) is 1.72. The molecule has 0 N–H and O–H groups in total. The molecule has 0 aliphatic carbocycles. The van der Waals surface area contributed by atoms with Crippen LogP contribution in [0, 0.1) is 12.8 Å². The third-order valence-electron chi connectivity index (χ3n) is 3.14. The maximum absolute atomic E-state index is 3.90. The molecule has 1 unspecified atom stereocenters. The minimum Gasteiger partial charge on any atom is -1.00 e. The van der Waals surface area contributed by atoms with Gasteiger partial charge in [0, 0.05) is 5.57 Å². The zero-order chi connectivity index (χ0) is 13.5. The summed E-state index contributed by atoms with van der Waals surface area (Å²) >= 11 is 0. The fraction of sp³-hybridized carbons (Fsp3) is 0.389. The van der Waals surface area contributed by atoms with Gasteiger partial charge in [-0.3, -0.25) is 0 Å². The molecule has 0 heterocycles. The molecule has 0 aromatic heterocycles. The van der Waals surface area contributed by atoms with Crippen LogP contribution in [0.25, 0.3) is 5.57 Å². The molecule has 0 spiro atoms. The van der Waals surface area contributed by atoms with Crippen LogP contribution in [0.4, 0.5) is 0 Å². The van der Waals surface area contributed by atoms with E-state index >= 15 is 0 Å². The standard InChI is InChI=1S/C18H24.2Li.2H/c1-6-15(4)13-18(10-7-14(2)3)17-11-8-16(5)9-12-17;;;;/h7-9,11-12,15H,2,6,13H2,1,3-5H3;;;;/q;2*+1;2*-1. The summed E-state index contributed by atoms with van der Waals surface area (Å²) in [7, 11) is 0. The van der Waals surface area contributed by atoms with Crippen molar-refractivity contribution in [3.63, 3.8) is 0 Å². The summed E-state index contributed by atoms with van der Waals surface area (Å²) in [6.45, 7) is 12.5. The van der Waals surface area contributed by atoms with Crippen LogP contribution in [0.2, 0.25) is 0 Å². The van der Waals surface area contributed by atoms with Crippen LogP contribution in [0.3, 0.4) is 0 Å². The largest absolute Gasteiger partial charge is 1.00 e. The summed E-state index contributed by atoms with van der Waals surface area (Å²) in [6.07, 6.45) is 4.25. The van der Waals surface area contributed by atoms with E-state index in [9.17, 15) is 0 Å². The van der Waals surface area contributed by atoms with Crippen LogP contribution in [-0.4, -0.2) is 0 Å². The normalized spacial score (nSPS) is 10.4. The van der Waals surface area contributed by atoms with Gasteiger partial charge in [0.05, 0.1) is 0 Å². The first kappa shape index (κ1) is 22.0. The van der Waals surface area contributed by atoms with Crippen molar-refractivity contribution < 1.29 is 40.6 Å². The Hall–Kier alpha value is -0.325. The Bertz CT molecular complexity index is 472. The SMILES string of the molecule is C=C(C)C=C=C(CC(C)CC)c1ccc(C)cc1.[H-].[H-].[Li+].[Li+]. The molecule has 0 aliphatic rings. The van der Waals surface area contributed by atoms with E-state index in [1.54, 1.807) is 0 Å². The van der Waals surface area contributed by atoms with E-state index in [1.807, 2.05) is 13.0 Å². The third kappa shape index (κ3) is 8.07. The molecule has 0 amide bonds. The maximum Gasteiger partial charge on any atom is 1.00 e. The van der Waals surface area contributed by atoms with Crippen molar-refractivity contribution in [2.24, 2.45) is 5.92 Å². The number of rotatable bonds is 5. The number of hydrogen-bond donors (Lipinski definition) is 0. The summed E-state index contributed by atoms with van der Waals surface area (Å²) in [4.78, 5) is 0. The van der Waals surface area contributed by atoms with Crippen molar-refractivity contribution in [2.75, 3.05) is 0 Å². The molecule has 0 radical (unpaired) electrons. The van der Waals surface area contributed by atoms with Crippen LogP contribution in [-0.2, 0) is 0 Å². The summed E-state index contributed by atoms with van der Waals surface area (Å²) in [5.74, 6) is 0.687. The predicted molar refractivity (Wildman–Crippen MR) is 83.8 cm³/mol. The minimum absolute atomic E-state index is 0. The molecule has 1 aromatic rings. The van der Waals surface area contributed by atoms with Gasteiger partial charge in [0.1, 0.15) is 0 Å². The molecule has 0 fully saturated rings. The Morgan fingerprint density at radius 3 is 2.30 bits per heavy atom. The smallest absolute Gasteiger partial charge is 1.00 e. The number of benzene rings is 1. The monoisotopic (exact) mass is 256 g/mol. The Morgan fingerprint density at radius 2 is 1.85 bits per heavy atom. The molecule has 2 heteroatoms. The molecule has 1 aromatic carbocycles. The van der Waals surface area contributed by atoms with Crippen LogP contribution in [0.15, 0.2) is 48.2 Å². The molecule has 1 atom stereocenters. The predicted octanol–water partition coefficient (Wildman–Crippen LogP) is -0.221. The second kappa shape index (κ2) is 11.3. The van der Waals surface area contributed by atoms with Crippen molar-refractivity contribution in [1.29, 1.82) is 0 Å². The molecule has 1 rings (SSSR count). The topological polar surface area (TPSA) is 0 Å². The van der Waals surface area contributed by atoms with E-state index in [0.29, 0.717) is 5.92 Å². The maximum atomic E-state index is 3.90. The Morgan fingerprint density at radius 1 is 1.30 bits per heavy atom. The van der Waals surface area contributed by atoms with Crippen LogP contribution >= 0.6 is 0 Å². The number of allylic oxidation sites excluding steroid dienone is 2. The number of aryl methyl sites for hydroxylation is 1. The van der Waals surface area contributed by atoms with Gasteiger partial charge < -0.3 is 2.85 Å². The summed E-state index contributed by atoms with van der Waals surface area (Å²) in [5, 5.41) is 0. The van der Waals surface area contributed by atoms with E-state index < -0.39 is 0 Å². The molecule has 0 saturated carbocycles. The van der Waals surface area contributed by atoms with Gasteiger partial charge in [-0.05, 0) is 37.8 Å². The second-order valence-electron chi connectivity index (χ2n) is 5.20. The molecule has 100 valence electrons. The molecule has 0 bridgehead atoms. The molecule has 20 heavy (non-hydrogen) atoms. The summed E-state index contributed by atoms with van der Waals surface area (Å²) < 4.78 is 0. The van der Waals surface area contributed by atoms with Gasteiger partial charge in [0.25, 0.3) is 0 Å². The van der Waals surface area contributed by atoms with Gasteiger partial charge in [-0.1, -0.05) is 62.2 Å². The van der Waals surface area contributed by atoms with E-state index in [0.717, 1.165) is 12.0 Å². The van der Waals surface area contributed by atoms with Crippen LogP contribution in [0.5, 0.6) is 0 Å². The molecular formula is C18H26Li2. The Labute approximate surface area is 151 Å². The van der Waals surface area contributed by atoms with Gasteiger partial charge in [0.15, 0.2) is 0 Å². The number of hydrogen-bond acceptors (Lipinski definition) is 0. The van der Waals surface area contributed by atoms with Gasteiger partial charge in [-0.2, -0.15) is 0 Å². The zero-order valence-corrected chi connectivity index (χ0v) is 14.1. The summed E-state index contributed by atoms with van der Waals surface area (Å²) in [5.41, 5.74) is 8.32. The van der Waals surface area contributed by atoms with Crippen molar-refractivity contribution >= 4 is 5.57 Å². The Kier molecular flexibility index (Phi) is 12.5. The van der Waals surface area contributed by atoms with Gasteiger partial charge in [0.2, 0.25) is 0 Å². The van der Waals surface area contributed by atoms with Gasteiger partial charge in [-0.15, -0.1) is 5.73 Å². The van der Waals surface area contributed by atoms with E-state index in [1.165, 1.54) is 23.1 Å². The Balaban J connectivity index is -0.000000405. The molecule has 0 nitrogen and oxygen atoms in total.